The predicted molar refractivity (Wildman–Crippen MR) is 63.9 cm³/mol. The first-order chi connectivity index (χ1) is 8.01. The highest BCUT2D eigenvalue weighted by Gasteiger charge is 2.21. The van der Waals surface area contributed by atoms with Crippen molar-refractivity contribution in [3.05, 3.63) is 23.0 Å². The fraction of sp³-hybridized carbons (Fsp3) is 0.500. The second-order valence-corrected chi connectivity index (χ2v) is 3.82. The monoisotopic (exact) mass is 238 g/mol. The molecule has 0 aliphatic rings. The van der Waals surface area contributed by atoms with Crippen LogP contribution >= 0.6 is 0 Å². The number of carbonyl (C=O) groups excluding carboxylic acids is 2. The van der Waals surface area contributed by atoms with Crippen LogP contribution in [0, 0.1) is 6.92 Å². The molecule has 0 radical (unpaired) electrons. The Morgan fingerprint density at radius 2 is 2.12 bits per heavy atom. The van der Waals surface area contributed by atoms with Crippen molar-refractivity contribution in [3.8, 4) is 0 Å². The second-order valence-electron chi connectivity index (χ2n) is 3.82. The van der Waals surface area contributed by atoms with Crippen LogP contribution < -0.4 is 5.32 Å². The molecular formula is C12H18N2O3. The predicted octanol–water partition coefficient (Wildman–Crippen LogP) is 0.799. The van der Waals surface area contributed by atoms with Gasteiger partial charge in [0.25, 0.3) is 0 Å². The summed E-state index contributed by atoms with van der Waals surface area (Å²) in [5, 5.41) is 2.54. The maximum atomic E-state index is 11.8. The highest BCUT2D eigenvalue weighted by atomic mass is 16.5. The number of esters is 1. The van der Waals surface area contributed by atoms with Gasteiger partial charge in [-0.3, -0.25) is 4.79 Å². The summed E-state index contributed by atoms with van der Waals surface area (Å²) in [5.41, 5.74) is 2.00. The van der Waals surface area contributed by atoms with Crippen molar-refractivity contribution in [1.29, 1.82) is 0 Å². The molecule has 17 heavy (non-hydrogen) atoms. The molecule has 0 saturated carbocycles. The summed E-state index contributed by atoms with van der Waals surface area (Å²) in [4.78, 5) is 23.2. The summed E-state index contributed by atoms with van der Waals surface area (Å²) < 4.78 is 6.78. The second kappa shape index (κ2) is 5.52. The number of aryl methyl sites for hydroxylation is 2. The number of ether oxygens (including phenoxy) is 1. The number of likely N-dealkylation sites (N-methyl/N-ethyl adjacent to an activating group) is 1. The molecule has 1 aromatic heterocycles. The minimum absolute atomic E-state index is 0.128. The third kappa shape index (κ3) is 2.87. The van der Waals surface area contributed by atoms with E-state index in [2.05, 4.69) is 5.32 Å². The summed E-state index contributed by atoms with van der Waals surface area (Å²) in [7, 11) is 3.39. The van der Waals surface area contributed by atoms with Gasteiger partial charge in [0.1, 0.15) is 0 Å². The van der Waals surface area contributed by atoms with E-state index in [0.29, 0.717) is 17.9 Å². The molecule has 1 aromatic rings. The number of amides is 1. The summed E-state index contributed by atoms with van der Waals surface area (Å²) in [5.74, 6) is -0.499. The van der Waals surface area contributed by atoms with Crippen LogP contribution in [0.25, 0.3) is 0 Å². The van der Waals surface area contributed by atoms with Crippen LogP contribution in [0.4, 0.5) is 0 Å². The van der Waals surface area contributed by atoms with E-state index >= 15 is 0 Å². The molecule has 5 heteroatoms. The lowest BCUT2D eigenvalue weighted by atomic mass is 10.1. The Morgan fingerprint density at radius 3 is 2.65 bits per heavy atom. The van der Waals surface area contributed by atoms with Gasteiger partial charge >= 0.3 is 5.97 Å². The van der Waals surface area contributed by atoms with Crippen LogP contribution in [-0.4, -0.2) is 30.1 Å². The van der Waals surface area contributed by atoms with Crippen molar-refractivity contribution < 1.29 is 14.3 Å². The van der Waals surface area contributed by atoms with Crippen LogP contribution in [-0.2, 0) is 23.0 Å². The van der Waals surface area contributed by atoms with Gasteiger partial charge in [-0.2, -0.15) is 0 Å². The largest absolute Gasteiger partial charge is 0.462 e. The SMILES string of the molecule is CCOC(=O)c1c(C)cn(C)c1CC(=O)NC. The van der Waals surface area contributed by atoms with Gasteiger partial charge in [0.05, 0.1) is 18.6 Å². The Hall–Kier alpha value is -1.78. The maximum absolute atomic E-state index is 11.8. The molecule has 0 aromatic carbocycles. The molecule has 1 rings (SSSR count). The van der Waals surface area contributed by atoms with Gasteiger partial charge in [-0.1, -0.05) is 0 Å². The Bertz CT molecular complexity index is 435. The fourth-order valence-electron chi connectivity index (χ4n) is 1.77. The van der Waals surface area contributed by atoms with Gasteiger partial charge in [0.15, 0.2) is 0 Å². The first-order valence-corrected chi connectivity index (χ1v) is 5.53. The first kappa shape index (κ1) is 13.3. The molecule has 0 bridgehead atoms. The van der Waals surface area contributed by atoms with E-state index in [9.17, 15) is 9.59 Å². The highest BCUT2D eigenvalue weighted by molar-refractivity contribution is 5.94. The molecule has 0 saturated heterocycles. The van der Waals surface area contributed by atoms with Gasteiger partial charge < -0.3 is 14.6 Å². The topological polar surface area (TPSA) is 60.3 Å². The van der Waals surface area contributed by atoms with E-state index in [1.54, 1.807) is 18.5 Å². The minimum Gasteiger partial charge on any atom is -0.462 e. The normalized spacial score (nSPS) is 10.1. The molecule has 0 aliphatic heterocycles. The Kier molecular flexibility index (Phi) is 4.31. The van der Waals surface area contributed by atoms with E-state index in [1.165, 1.54) is 0 Å². The molecule has 0 spiro atoms. The van der Waals surface area contributed by atoms with Crippen LogP contribution in [0.2, 0.25) is 0 Å². The number of hydrogen-bond acceptors (Lipinski definition) is 3. The third-order valence-corrected chi connectivity index (χ3v) is 2.58. The molecule has 1 amide bonds. The fourth-order valence-corrected chi connectivity index (χ4v) is 1.77. The smallest absolute Gasteiger partial charge is 0.340 e. The first-order valence-electron chi connectivity index (χ1n) is 5.53. The van der Waals surface area contributed by atoms with E-state index in [4.69, 9.17) is 4.74 Å². The lowest BCUT2D eigenvalue weighted by molar-refractivity contribution is -0.120. The molecule has 0 unspecified atom stereocenters. The Labute approximate surface area is 101 Å². The van der Waals surface area contributed by atoms with Crippen LogP contribution in [0.1, 0.15) is 28.5 Å². The van der Waals surface area contributed by atoms with Crippen molar-refractivity contribution in [2.24, 2.45) is 7.05 Å². The lowest BCUT2D eigenvalue weighted by Gasteiger charge is -2.07. The number of aromatic nitrogens is 1. The number of nitrogens with one attached hydrogen (secondary N) is 1. The van der Waals surface area contributed by atoms with Gasteiger partial charge in [-0.25, -0.2) is 4.79 Å². The summed E-state index contributed by atoms with van der Waals surface area (Å²) in [6.45, 7) is 3.92. The summed E-state index contributed by atoms with van der Waals surface area (Å²) >= 11 is 0. The molecule has 1 heterocycles. The van der Waals surface area contributed by atoms with Crippen LogP contribution in [0.5, 0.6) is 0 Å². The van der Waals surface area contributed by atoms with E-state index in [1.807, 2.05) is 20.2 Å². The molecule has 5 nitrogen and oxygen atoms in total. The number of carbonyl (C=O) groups is 2. The zero-order valence-corrected chi connectivity index (χ0v) is 10.7. The van der Waals surface area contributed by atoms with Crippen molar-refractivity contribution in [1.82, 2.24) is 9.88 Å². The zero-order chi connectivity index (χ0) is 13.0. The van der Waals surface area contributed by atoms with E-state index in [0.717, 1.165) is 5.56 Å². The quantitative estimate of drug-likeness (QED) is 0.789. The summed E-state index contributed by atoms with van der Waals surface area (Å²) in [6, 6.07) is 0. The van der Waals surface area contributed by atoms with E-state index < -0.39 is 0 Å². The summed E-state index contributed by atoms with van der Waals surface area (Å²) in [6.07, 6.45) is 2.00. The number of rotatable bonds is 4. The molecule has 0 aliphatic carbocycles. The Morgan fingerprint density at radius 1 is 1.47 bits per heavy atom. The minimum atomic E-state index is -0.371. The van der Waals surface area contributed by atoms with Crippen molar-refractivity contribution >= 4 is 11.9 Å². The van der Waals surface area contributed by atoms with Gasteiger partial charge in [-0.15, -0.1) is 0 Å². The molecular weight excluding hydrogens is 220 g/mol. The molecule has 94 valence electrons. The average molecular weight is 238 g/mol. The average Bonchev–Trinajstić information content (AvgIpc) is 2.54. The van der Waals surface area contributed by atoms with E-state index in [-0.39, 0.29) is 18.3 Å². The maximum Gasteiger partial charge on any atom is 0.340 e. The van der Waals surface area contributed by atoms with Crippen LogP contribution in [0.15, 0.2) is 6.20 Å². The molecule has 0 fully saturated rings. The van der Waals surface area contributed by atoms with Crippen molar-refractivity contribution in [2.75, 3.05) is 13.7 Å². The Balaban J connectivity index is 3.10. The molecule has 0 atom stereocenters. The standard InChI is InChI=1S/C12H18N2O3/c1-5-17-12(16)11-8(2)7-14(4)9(11)6-10(15)13-3/h7H,5-6H2,1-4H3,(H,13,15). The highest BCUT2D eigenvalue weighted by Crippen LogP contribution is 2.18. The number of nitrogens with zero attached hydrogens (tertiary/aromatic N) is 1. The van der Waals surface area contributed by atoms with Crippen molar-refractivity contribution in [2.45, 2.75) is 20.3 Å². The zero-order valence-electron chi connectivity index (χ0n) is 10.7. The van der Waals surface area contributed by atoms with Gasteiger partial charge in [0, 0.05) is 26.0 Å². The number of hydrogen-bond donors (Lipinski definition) is 1. The van der Waals surface area contributed by atoms with Gasteiger partial charge in [0.2, 0.25) is 5.91 Å². The van der Waals surface area contributed by atoms with Gasteiger partial charge in [-0.05, 0) is 19.4 Å². The van der Waals surface area contributed by atoms with Crippen LogP contribution in [0.3, 0.4) is 0 Å². The molecule has 1 N–H and O–H groups in total. The van der Waals surface area contributed by atoms with Crippen molar-refractivity contribution in [3.63, 3.8) is 0 Å². The third-order valence-electron chi connectivity index (χ3n) is 2.58. The lowest BCUT2D eigenvalue weighted by Crippen LogP contribution is -2.22.